The monoisotopic (exact) mass is 332 g/mol. The van der Waals surface area contributed by atoms with Crippen LogP contribution in [0.15, 0.2) is 30.3 Å². The number of hydrogen-bond donors (Lipinski definition) is 1. The van der Waals surface area contributed by atoms with Crippen LogP contribution in [0.25, 0.3) is 11.4 Å². The highest BCUT2D eigenvalue weighted by Gasteiger charge is 2.29. The second-order valence-corrected chi connectivity index (χ2v) is 7.57. The molecule has 0 bridgehead atoms. The van der Waals surface area contributed by atoms with Gasteiger partial charge in [-0.25, -0.2) is 0 Å². The summed E-state index contributed by atoms with van der Waals surface area (Å²) in [7, 11) is 0. The number of anilines is 1. The van der Waals surface area contributed by atoms with E-state index in [0.717, 1.165) is 36.2 Å². The van der Waals surface area contributed by atoms with Crippen molar-refractivity contribution in [1.29, 1.82) is 0 Å². The van der Waals surface area contributed by atoms with Crippen LogP contribution in [0.1, 0.15) is 20.8 Å². The summed E-state index contributed by atoms with van der Waals surface area (Å²) in [6.45, 7) is 9.41. The fraction of sp³-hybridized carbons (Fsp3) is 0.529. The highest BCUT2D eigenvalue weighted by atomic mass is 32.1. The van der Waals surface area contributed by atoms with Gasteiger partial charge in [0.25, 0.3) is 0 Å². The summed E-state index contributed by atoms with van der Waals surface area (Å²) in [6, 6.07) is 10.5. The van der Waals surface area contributed by atoms with Gasteiger partial charge >= 0.3 is 0 Å². The van der Waals surface area contributed by atoms with Crippen LogP contribution in [0.4, 0.5) is 5.13 Å². The van der Waals surface area contributed by atoms with Gasteiger partial charge in [0.1, 0.15) is 0 Å². The van der Waals surface area contributed by atoms with Crippen LogP contribution in [-0.4, -0.2) is 57.2 Å². The Morgan fingerprint density at radius 2 is 2.00 bits per heavy atom. The number of β-amino-alcohol motifs (C(OH)–C–C–N with tert-alkyl or cyclic N) is 1. The first kappa shape index (κ1) is 16.4. The van der Waals surface area contributed by atoms with Gasteiger partial charge in [-0.15, -0.1) is 0 Å². The molecule has 1 aliphatic rings. The molecular weight excluding hydrogens is 308 g/mol. The summed E-state index contributed by atoms with van der Waals surface area (Å²) in [5.41, 5.74) is 0.406. The van der Waals surface area contributed by atoms with E-state index in [-0.39, 0.29) is 0 Å². The van der Waals surface area contributed by atoms with Crippen LogP contribution in [0, 0.1) is 0 Å². The van der Waals surface area contributed by atoms with Crippen molar-refractivity contribution in [2.75, 3.05) is 31.1 Å². The van der Waals surface area contributed by atoms with Gasteiger partial charge < -0.3 is 10.0 Å². The van der Waals surface area contributed by atoms with Gasteiger partial charge in [0.2, 0.25) is 5.13 Å². The van der Waals surface area contributed by atoms with Gasteiger partial charge in [-0.3, -0.25) is 4.90 Å². The maximum Gasteiger partial charge on any atom is 0.205 e. The third-order valence-electron chi connectivity index (χ3n) is 4.07. The lowest BCUT2D eigenvalue weighted by Crippen LogP contribution is -2.55. The molecule has 0 aliphatic carbocycles. The SMILES string of the molecule is CC1CN(c2nc(-c3ccccc3)ns2)CCN1CC(C)(C)O. The van der Waals surface area contributed by atoms with Gasteiger partial charge in [0.15, 0.2) is 5.82 Å². The van der Waals surface area contributed by atoms with Crippen LogP contribution in [0.5, 0.6) is 0 Å². The lowest BCUT2D eigenvalue weighted by atomic mass is 10.1. The quantitative estimate of drug-likeness (QED) is 0.932. The van der Waals surface area contributed by atoms with Crippen molar-refractivity contribution >= 4 is 16.7 Å². The molecule has 1 fully saturated rings. The van der Waals surface area contributed by atoms with Crippen LogP contribution in [-0.2, 0) is 0 Å². The van der Waals surface area contributed by atoms with Gasteiger partial charge in [-0.2, -0.15) is 9.36 Å². The Morgan fingerprint density at radius 3 is 2.65 bits per heavy atom. The molecule has 0 saturated carbocycles. The smallest absolute Gasteiger partial charge is 0.205 e. The zero-order valence-electron chi connectivity index (χ0n) is 13.9. The second-order valence-electron chi connectivity index (χ2n) is 6.84. The van der Waals surface area contributed by atoms with Gasteiger partial charge in [0.05, 0.1) is 5.60 Å². The molecule has 1 atom stereocenters. The predicted molar refractivity (Wildman–Crippen MR) is 94.9 cm³/mol. The van der Waals surface area contributed by atoms with Crippen LogP contribution < -0.4 is 4.90 Å². The number of aromatic nitrogens is 2. The molecule has 3 rings (SSSR count). The first-order valence-corrected chi connectivity index (χ1v) is 8.80. The van der Waals surface area contributed by atoms with Crippen molar-refractivity contribution in [1.82, 2.24) is 14.3 Å². The first-order valence-electron chi connectivity index (χ1n) is 8.03. The summed E-state index contributed by atoms with van der Waals surface area (Å²) in [4.78, 5) is 9.35. The average molecular weight is 332 g/mol. The zero-order chi connectivity index (χ0) is 16.4. The molecule has 5 nitrogen and oxygen atoms in total. The van der Waals surface area contributed by atoms with E-state index >= 15 is 0 Å². The molecule has 1 unspecified atom stereocenters. The van der Waals surface area contributed by atoms with Crippen molar-refractivity contribution < 1.29 is 5.11 Å². The Hall–Kier alpha value is -1.50. The standard InChI is InChI=1S/C17H24N4OS/c1-13-11-20(9-10-21(13)12-17(2,3)22)16-18-15(19-23-16)14-7-5-4-6-8-14/h4-8,13,22H,9-12H2,1-3H3. The number of benzene rings is 1. The Kier molecular flexibility index (Phi) is 4.66. The number of aliphatic hydroxyl groups is 1. The number of hydrogen-bond acceptors (Lipinski definition) is 6. The van der Waals surface area contributed by atoms with Gasteiger partial charge in [0, 0.05) is 49.3 Å². The molecule has 0 spiro atoms. The van der Waals surface area contributed by atoms with E-state index < -0.39 is 5.60 Å². The Balaban J connectivity index is 1.67. The lowest BCUT2D eigenvalue weighted by Gasteiger charge is -2.41. The summed E-state index contributed by atoms with van der Waals surface area (Å²) in [5.74, 6) is 0.803. The molecule has 2 aromatic rings. The second kappa shape index (κ2) is 6.55. The highest BCUT2D eigenvalue weighted by Crippen LogP contribution is 2.26. The average Bonchev–Trinajstić information content (AvgIpc) is 2.99. The fourth-order valence-electron chi connectivity index (χ4n) is 2.95. The van der Waals surface area contributed by atoms with Crippen molar-refractivity contribution in [2.45, 2.75) is 32.4 Å². The lowest BCUT2D eigenvalue weighted by molar-refractivity contribution is 0.0201. The van der Waals surface area contributed by atoms with Crippen molar-refractivity contribution in [3.63, 3.8) is 0 Å². The maximum absolute atomic E-state index is 10.0. The van der Waals surface area contributed by atoms with E-state index in [4.69, 9.17) is 4.98 Å². The Morgan fingerprint density at radius 1 is 1.26 bits per heavy atom. The zero-order valence-corrected chi connectivity index (χ0v) is 14.8. The van der Waals surface area contributed by atoms with E-state index in [0.29, 0.717) is 12.6 Å². The first-order chi connectivity index (χ1) is 10.9. The summed E-state index contributed by atoms with van der Waals surface area (Å²) < 4.78 is 4.50. The van der Waals surface area contributed by atoms with Crippen LogP contribution in [0.3, 0.4) is 0 Å². The van der Waals surface area contributed by atoms with E-state index in [1.807, 2.05) is 44.2 Å². The van der Waals surface area contributed by atoms with Crippen molar-refractivity contribution in [2.24, 2.45) is 0 Å². The number of piperazine rings is 1. The molecule has 1 aromatic heterocycles. The van der Waals surface area contributed by atoms with E-state index in [9.17, 15) is 5.11 Å². The van der Waals surface area contributed by atoms with Gasteiger partial charge in [-0.1, -0.05) is 30.3 Å². The molecule has 6 heteroatoms. The van der Waals surface area contributed by atoms with E-state index in [1.54, 1.807) is 0 Å². The van der Waals surface area contributed by atoms with Crippen LogP contribution in [0.2, 0.25) is 0 Å². The molecule has 1 aliphatic heterocycles. The minimum atomic E-state index is -0.653. The highest BCUT2D eigenvalue weighted by molar-refractivity contribution is 7.09. The molecule has 1 saturated heterocycles. The van der Waals surface area contributed by atoms with E-state index in [1.165, 1.54) is 11.5 Å². The fourth-order valence-corrected chi connectivity index (χ4v) is 3.67. The molecule has 0 amide bonds. The minimum absolute atomic E-state index is 0.388. The van der Waals surface area contributed by atoms with Crippen LogP contribution >= 0.6 is 11.5 Å². The summed E-state index contributed by atoms with van der Waals surface area (Å²) >= 11 is 1.46. The predicted octanol–water partition coefficient (Wildman–Crippen LogP) is 2.49. The molecule has 1 N–H and O–H groups in total. The topological polar surface area (TPSA) is 52.5 Å². The molecule has 23 heavy (non-hydrogen) atoms. The Labute approximate surface area is 141 Å². The number of nitrogens with zero attached hydrogens (tertiary/aromatic N) is 4. The summed E-state index contributed by atoms with van der Waals surface area (Å²) in [5, 5.41) is 11.0. The summed E-state index contributed by atoms with van der Waals surface area (Å²) in [6.07, 6.45) is 0. The molecule has 0 radical (unpaired) electrons. The van der Waals surface area contributed by atoms with Crippen molar-refractivity contribution in [3.05, 3.63) is 30.3 Å². The Bertz CT molecular complexity index is 638. The van der Waals surface area contributed by atoms with Crippen molar-refractivity contribution in [3.8, 4) is 11.4 Å². The number of rotatable bonds is 4. The maximum atomic E-state index is 10.0. The molecule has 2 heterocycles. The molecule has 124 valence electrons. The third kappa shape index (κ3) is 4.07. The van der Waals surface area contributed by atoms with Gasteiger partial charge in [-0.05, 0) is 20.8 Å². The minimum Gasteiger partial charge on any atom is -0.389 e. The largest absolute Gasteiger partial charge is 0.389 e. The van der Waals surface area contributed by atoms with E-state index in [2.05, 4.69) is 21.1 Å². The third-order valence-corrected chi connectivity index (χ3v) is 4.85. The molecule has 1 aromatic carbocycles. The molecular formula is C17H24N4OS. The normalized spacial score (nSPS) is 20.0.